The summed E-state index contributed by atoms with van der Waals surface area (Å²) < 4.78 is 0. The van der Waals surface area contributed by atoms with Gasteiger partial charge in [0.2, 0.25) is 5.91 Å². The second-order valence-electron chi connectivity index (χ2n) is 5.58. The van der Waals surface area contributed by atoms with Crippen LogP contribution in [0.1, 0.15) is 83.5 Å². The summed E-state index contributed by atoms with van der Waals surface area (Å²) in [5.41, 5.74) is 10.5. The molecule has 0 heterocycles. The molecule has 118 valence electrons. The molecule has 0 fully saturated rings. The SMILES string of the molecule is NCCCCCCC(=O)CCCCCCCCC(N)=O. The zero-order valence-corrected chi connectivity index (χ0v) is 12.9. The topological polar surface area (TPSA) is 86.2 Å². The minimum Gasteiger partial charge on any atom is -0.370 e. The molecule has 0 atom stereocenters. The predicted molar refractivity (Wildman–Crippen MR) is 83.3 cm³/mol. The van der Waals surface area contributed by atoms with Crippen LogP contribution in [0.15, 0.2) is 0 Å². The zero-order chi connectivity index (χ0) is 15.1. The van der Waals surface area contributed by atoms with Gasteiger partial charge in [0.05, 0.1) is 0 Å². The molecule has 0 aromatic rings. The first kappa shape index (κ1) is 19.1. The zero-order valence-electron chi connectivity index (χ0n) is 12.9. The maximum Gasteiger partial charge on any atom is 0.217 e. The lowest BCUT2D eigenvalue weighted by molar-refractivity contribution is -0.119. The molecule has 0 radical (unpaired) electrons. The van der Waals surface area contributed by atoms with Gasteiger partial charge in [-0.15, -0.1) is 0 Å². The van der Waals surface area contributed by atoms with Crippen molar-refractivity contribution in [2.75, 3.05) is 6.54 Å². The average Bonchev–Trinajstić information content (AvgIpc) is 2.41. The molecule has 0 saturated carbocycles. The first-order valence-electron chi connectivity index (χ1n) is 8.17. The van der Waals surface area contributed by atoms with Crippen molar-refractivity contribution >= 4 is 11.7 Å². The molecule has 4 N–H and O–H groups in total. The number of carbonyl (C=O) groups excluding carboxylic acids is 2. The first-order valence-corrected chi connectivity index (χ1v) is 8.17. The predicted octanol–water partition coefficient (Wildman–Crippen LogP) is 3.07. The van der Waals surface area contributed by atoms with Crippen LogP contribution in [0.3, 0.4) is 0 Å². The van der Waals surface area contributed by atoms with Crippen LogP contribution in [0, 0.1) is 0 Å². The van der Waals surface area contributed by atoms with E-state index in [0.717, 1.165) is 83.6 Å². The van der Waals surface area contributed by atoms with Crippen molar-refractivity contribution in [2.45, 2.75) is 83.5 Å². The number of nitrogens with two attached hydrogens (primary N) is 2. The Labute approximate surface area is 123 Å². The quantitative estimate of drug-likeness (QED) is 0.453. The molecular formula is C16H32N2O2. The van der Waals surface area contributed by atoms with Crippen LogP contribution < -0.4 is 11.5 Å². The average molecular weight is 284 g/mol. The molecule has 0 aliphatic heterocycles. The highest BCUT2D eigenvalue weighted by Crippen LogP contribution is 2.11. The number of hydrogen-bond donors (Lipinski definition) is 2. The van der Waals surface area contributed by atoms with Gasteiger partial charge in [0.25, 0.3) is 0 Å². The van der Waals surface area contributed by atoms with Gasteiger partial charge in [0.15, 0.2) is 0 Å². The fraction of sp³-hybridized carbons (Fsp3) is 0.875. The highest BCUT2D eigenvalue weighted by atomic mass is 16.1. The van der Waals surface area contributed by atoms with Crippen LogP contribution in [-0.4, -0.2) is 18.2 Å². The first-order chi connectivity index (χ1) is 9.66. The summed E-state index contributed by atoms with van der Waals surface area (Å²) in [4.78, 5) is 22.1. The number of amides is 1. The van der Waals surface area contributed by atoms with E-state index in [1.165, 1.54) is 0 Å². The molecule has 1 amide bonds. The molecule has 0 aliphatic carbocycles. The normalized spacial score (nSPS) is 10.7. The highest BCUT2D eigenvalue weighted by molar-refractivity contribution is 5.78. The summed E-state index contributed by atoms with van der Waals surface area (Å²) >= 11 is 0. The fourth-order valence-electron chi connectivity index (χ4n) is 2.27. The lowest BCUT2D eigenvalue weighted by Crippen LogP contribution is -2.09. The van der Waals surface area contributed by atoms with Crippen molar-refractivity contribution in [2.24, 2.45) is 11.5 Å². The van der Waals surface area contributed by atoms with Crippen LogP contribution in [0.25, 0.3) is 0 Å². The van der Waals surface area contributed by atoms with Crippen LogP contribution in [0.5, 0.6) is 0 Å². The molecule has 20 heavy (non-hydrogen) atoms. The highest BCUT2D eigenvalue weighted by Gasteiger charge is 2.02. The minimum absolute atomic E-state index is 0.206. The third-order valence-electron chi connectivity index (χ3n) is 3.54. The van der Waals surface area contributed by atoms with Gasteiger partial charge in [-0.25, -0.2) is 0 Å². The lowest BCUT2D eigenvalue weighted by Gasteiger charge is -2.02. The standard InChI is InChI=1S/C16H32N2O2/c17-14-10-6-5-8-12-15(19)11-7-3-1-2-4-9-13-16(18)20/h1-14,17H2,(H2,18,20). The van der Waals surface area contributed by atoms with E-state index in [-0.39, 0.29) is 5.91 Å². The summed E-state index contributed by atoms with van der Waals surface area (Å²) in [5.74, 6) is 0.202. The number of unbranched alkanes of at least 4 members (excludes halogenated alkanes) is 8. The number of primary amides is 1. The fourth-order valence-corrected chi connectivity index (χ4v) is 2.27. The number of hydrogen-bond acceptors (Lipinski definition) is 3. The van der Waals surface area contributed by atoms with E-state index < -0.39 is 0 Å². The molecule has 0 saturated heterocycles. The maximum atomic E-state index is 11.6. The Balaban J connectivity index is 3.17. The van der Waals surface area contributed by atoms with E-state index >= 15 is 0 Å². The molecule has 0 aromatic heterocycles. The number of carbonyl (C=O) groups is 2. The van der Waals surface area contributed by atoms with Gasteiger partial charge >= 0.3 is 0 Å². The maximum absolute atomic E-state index is 11.6. The van der Waals surface area contributed by atoms with Gasteiger partial charge in [0, 0.05) is 19.3 Å². The van der Waals surface area contributed by atoms with Crippen LogP contribution in [0.2, 0.25) is 0 Å². The Morgan fingerprint density at radius 2 is 1.00 bits per heavy atom. The Kier molecular flexibility index (Phi) is 13.9. The smallest absolute Gasteiger partial charge is 0.217 e. The monoisotopic (exact) mass is 284 g/mol. The lowest BCUT2D eigenvalue weighted by atomic mass is 10.0. The van der Waals surface area contributed by atoms with Gasteiger partial charge in [-0.1, -0.05) is 38.5 Å². The minimum atomic E-state index is -0.206. The third kappa shape index (κ3) is 15.2. The van der Waals surface area contributed by atoms with E-state index in [1.807, 2.05) is 0 Å². The number of rotatable bonds is 15. The Bertz CT molecular complexity index is 255. The number of Topliss-reactive ketones (excluding diaryl/α,β-unsaturated/α-hetero) is 1. The summed E-state index contributed by atoms with van der Waals surface area (Å²) in [6.07, 6.45) is 12.7. The van der Waals surface area contributed by atoms with E-state index in [9.17, 15) is 9.59 Å². The van der Waals surface area contributed by atoms with Gasteiger partial charge in [-0.2, -0.15) is 0 Å². The molecule has 4 nitrogen and oxygen atoms in total. The molecule has 0 unspecified atom stereocenters. The van der Waals surface area contributed by atoms with Gasteiger partial charge in [-0.05, 0) is 32.2 Å². The summed E-state index contributed by atoms with van der Waals surface area (Å²) in [6, 6.07) is 0. The molecule has 0 rings (SSSR count). The molecule has 0 spiro atoms. The number of ketones is 1. The molecule has 0 aliphatic rings. The van der Waals surface area contributed by atoms with Crippen molar-refractivity contribution in [3.8, 4) is 0 Å². The van der Waals surface area contributed by atoms with Crippen molar-refractivity contribution in [3.05, 3.63) is 0 Å². The van der Waals surface area contributed by atoms with Crippen LogP contribution in [0.4, 0.5) is 0 Å². The van der Waals surface area contributed by atoms with Gasteiger partial charge in [-0.3, -0.25) is 9.59 Å². The van der Waals surface area contributed by atoms with Crippen molar-refractivity contribution in [3.63, 3.8) is 0 Å². The second kappa shape index (κ2) is 14.5. The van der Waals surface area contributed by atoms with E-state index in [0.29, 0.717) is 12.2 Å². The Hall–Kier alpha value is -0.900. The molecule has 4 heteroatoms. The van der Waals surface area contributed by atoms with E-state index in [1.54, 1.807) is 0 Å². The summed E-state index contributed by atoms with van der Waals surface area (Å²) in [5, 5.41) is 0. The van der Waals surface area contributed by atoms with Crippen molar-refractivity contribution in [1.29, 1.82) is 0 Å². The largest absolute Gasteiger partial charge is 0.370 e. The van der Waals surface area contributed by atoms with Gasteiger partial charge < -0.3 is 11.5 Å². The summed E-state index contributed by atoms with van der Waals surface area (Å²) in [6.45, 7) is 0.757. The molecular weight excluding hydrogens is 252 g/mol. The Morgan fingerprint density at radius 3 is 1.45 bits per heavy atom. The third-order valence-corrected chi connectivity index (χ3v) is 3.54. The summed E-state index contributed by atoms with van der Waals surface area (Å²) in [7, 11) is 0. The Morgan fingerprint density at radius 1 is 0.600 bits per heavy atom. The van der Waals surface area contributed by atoms with Crippen molar-refractivity contribution in [1.82, 2.24) is 0 Å². The molecule has 0 bridgehead atoms. The van der Waals surface area contributed by atoms with Gasteiger partial charge in [0.1, 0.15) is 5.78 Å². The second-order valence-corrected chi connectivity index (χ2v) is 5.58. The molecule has 0 aromatic carbocycles. The van der Waals surface area contributed by atoms with E-state index in [4.69, 9.17) is 11.5 Å². The van der Waals surface area contributed by atoms with Crippen molar-refractivity contribution < 1.29 is 9.59 Å². The van der Waals surface area contributed by atoms with E-state index in [2.05, 4.69) is 0 Å². The van der Waals surface area contributed by atoms with Crippen LogP contribution in [-0.2, 0) is 9.59 Å². The van der Waals surface area contributed by atoms with Crippen LogP contribution >= 0.6 is 0 Å².